The molecule has 2 heterocycles. The van der Waals surface area contributed by atoms with Crippen molar-refractivity contribution in [3.63, 3.8) is 0 Å². The van der Waals surface area contributed by atoms with Gasteiger partial charge in [-0.2, -0.15) is 0 Å². The lowest BCUT2D eigenvalue weighted by Crippen LogP contribution is -2.48. The molecule has 3 rings (SSSR count). The summed E-state index contributed by atoms with van der Waals surface area (Å²) in [4.78, 5) is 31.4. The number of amides is 2. The minimum Gasteiger partial charge on any atom is -0.351 e. The van der Waals surface area contributed by atoms with Crippen LogP contribution in [0, 0.1) is 5.92 Å². The van der Waals surface area contributed by atoms with E-state index in [1.54, 1.807) is 6.20 Å². The number of likely N-dealkylation sites (tertiary alicyclic amines) is 1. The first-order chi connectivity index (χ1) is 14.5. The van der Waals surface area contributed by atoms with Gasteiger partial charge in [-0.15, -0.1) is 0 Å². The maximum Gasteiger partial charge on any atom is 0.237 e. The molecule has 0 spiro atoms. The Morgan fingerprint density at radius 3 is 2.77 bits per heavy atom. The number of rotatable bonds is 8. The zero-order chi connectivity index (χ0) is 21.3. The van der Waals surface area contributed by atoms with E-state index in [2.05, 4.69) is 26.6 Å². The number of nitrogens with zero attached hydrogens (tertiary/aromatic N) is 2. The van der Waals surface area contributed by atoms with E-state index in [0.29, 0.717) is 18.9 Å². The largest absolute Gasteiger partial charge is 0.351 e. The quantitative estimate of drug-likeness (QED) is 0.698. The summed E-state index contributed by atoms with van der Waals surface area (Å²) < 4.78 is 0. The molecule has 6 nitrogen and oxygen atoms in total. The average molecular weight is 409 g/mol. The van der Waals surface area contributed by atoms with Gasteiger partial charge in [0, 0.05) is 37.6 Å². The predicted octanol–water partition coefficient (Wildman–Crippen LogP) is 3.74. The first-order valence-electron chi connectivity index (χ1n) is 10.8. The van der Waals surface area contributed by atoms with Crippen molar-refractivity contribution in [2.75, 3.05) is 11.9 Å². The molecule has 0 radical (unpaired) electrons. The summed E-state index contributed by atoms with van der Waals surface area (Å²) in [5.41, 5.74) is 2.87. The molecule has 6 heteroatoms. The van der Waals surface area contributed by atoms with Crippen LogP contribution in [0.4, 0.5) is 5.69 Å². The standard InChI is InChI=1S/C24H32N4O2/c1-18(2)13-23(29)27-21-9-5-7-19(14-21)16-26-24(30)22-10-3-4-12-28(22)17-20-8-6-11-25-15-20/h5-9,11,14-15,18,22H,3-4,10,12-13,16-17H2,1-2H3,(H,26,30)(H,27,29). The Kier molecular flexibility index (Phi) is 7.97. The third kappa shape index (κ3) is 6.66. The van der Waals surface area contributed by atoms with Crippen LogP contribution in [0.25, 0.3) is 0 Å². The molecular formula is C24H32N4O2. The molecule has 0 aliphatic carbocycles. The highest BCUT2D eigenvalue weighted by Gasteiger charge is 2.28. The second-order valence-electron chi connectivity index (χ2n) is 8.41. The number of benzene rings is 1. The number of carbonyl (C=O) groups excluding carboxylic acids is 2. The van der Waals surface area contributed by atoms with Gasteiger partial charge >= 0.3 is 0 Å². The molecule has 1 aromatic heterocycles. The van der Waals surface area contributed by atoms with Crippen molar-refractivity contribution >= 4 is 17.5 Å². The van der Waals surface area contributed by atoms with Crippen LogP contribution in [0.15, 0.2) is 48.8 Å². The van der Waals surface area contributed by atoms with Crippen molar-refractivity contribution < 1.29 is 9.59 Å². The van der Waals surface area contributed by atoms with Gasteiger partial charge in [0.05, 0.1) is 6.04 Å². The minimum atomic E-state index is -0.118. The molecule has 160 valence electrons. The summed E-state index contributed by atoms with van der Waals surface area (Å²) in [5.74, 6) is 0.393. The Hall–Kier alpha value is -2.73. The fourth-order valence-electron chi connectivity index (χ4n) is 3.85. The van der Waals surface area contributed by atoms with Crippen LogP contribution in [-0.4, -0.2) is 34.3 Å². The van der Waals surface area contributed by atoms with Gasteiger partial charge in [-0.05, 0) is 54.6 Å². The highest BCUT2D eigenvalue weighted by Crippen LogP contribution is 2.20. The lowest BCUT2D eigenvalue weighted by atomic mass is 10.0. The van der Waals surface area contributed by atoms with Crippen molar-refractivity contribution in [2.24, 2.45) is 5.92 Å². The zero-order valence-electron chi connectivity index (χ0n) is 17.9. The van der Waals surface area contributed by atoms with Crippen molar-refractivity contribution in [2.45, 2.75) is 58.7 Å². The number of anilines is 1. The lowest BCUT2D eigenvalue weighted by Gasteiger charge is -2.34. The van der Waals surface area contributed by atoms with Gasteiger partial charge in [0.15, 0.2) is 0 Å². The van der Waals surface area contributed by atoms with E-state index in [9.17, 15) is 9.59 Å². The zero-order valence-corrected chi connectivity index (χ0v) is 17.9. The van der Waals surface area contributed by atoms with Crippen LogP contribution >= 0.6 is 0 Å². The van der Waals surface area contributed by atoms with Crippen LogP contribution in [-0.2, 0) is 22.7 Å². The molecule has 1 fully saturated rings. The highest BCUT2D eigenvalue weighted by atomic mass is 16.2. The molecule has 30 heavy (non-hydrogen) atoms. The fraction of sp³-hybridized carbons (Fsp3) is 0.458. The maximum absolute atomic E-state index is 12.9. The van der Waals surface area contributed by atoms with Crippen LogP contribution in [0.5, 0.6) is 0 Å². The van der Waals surface area contributed by atoms with Gasteiger partial charge < -0.3 is 10.6 Å². The molecule has 0 saturated carbocycles. The predicted molar refractivity (Wildman–Crippen MR) is 119 cm³/mol. The summed E-state index contributed by atoms with van der Waals surface area (Å²) in [7, 11) is 0. The molecule has 1 saturated heterocycles. The fourth-order valence-corrected chi connectivity index (χ4v) is 3.85. The topological polar surface area (TPSA) is 74.3 Å². The van der Waals surface area contributed by atoms with E-state index in [4.69, 9.17) is 0 Å². The Labute approximate surface area is 179 Å². The molecule has 2 N–H and O–H groups in total. The second kappa shape index (κ2) is 10.9. The first-order valence-corrected chi connectivity index (χ1v) is 10.8. The summed E-state index contributed by atoms with van der Waals surface area (Å²) in [6, 6.07) is 11.5. The van der Waals surface area contributed by atoms with Gasteiger partial charge in [0.25, 0.3) is 0 Å². The maximum atomic E-state index is 12.9. The number of nitrogens with one attached hydrogen (secondary N) is 2. The van der Waals surface area contributed by atoms with Gasteiger partial charge in [-0.1, -0.05) is 38.5 Å². The van der Waals surface area contributed by atoms with E-state index in [1.165, 1.54) is 0 Å². The van der Waals surface area contributed by atoms with E-state index < -0.39 is 0 Å². The van der Waals surface area contributed by atoms with Crippen LogP contribution in [0.3, 0.4) is 0 Å². The Morgan fingerprint density at radius 2 is 2.00 bits per heavy atom. The van der Waals surface area contributed by atoms with Crippen molar-refractivity contribution in [3.05, 3.63) is 59.9 Å². The molecule has 1 unspecified atom stereocenters. The lowest BCUT2D eigenvalue weighted by molar-refractivity contribution is -0.128. The molecule has 0 bridgehead atoms. The Balaban J connectivity index is 1.56. The molecular weight excluding hydrogens is 376 g/mol. The van der Waals surface area contributed by atoms with Crippen LogP contribution < -0.4 is 10.6 Å². The van der Waals surface area contributed by atoms with E-state index >= 15 is 0 Å². The number of hydrogen-bond donors (Lipinski definition) is 2. The van der Waals surface area contributed by atoms with Crippen molar-refractivity contribution in [3.8, 4) is 0 Å². The summed E-state index contributed by atoms with van der Waals surface area (Å²) >= 11 is 0. The van der Waals surface area contributed by atoms with Crippen molar-refractivity contribution in [1.82, 2.24) is 15.2 Å². The highest BCUT2D eigenvalue weighted by molar-refractivity contribution is 5.90. The van der Waals surface area contributed by atoms with Gasteiger partial charge in [0.2, 0.25) is 11.8 Å². The van der Waals surface area contributed by atoms with Gasteiger partial charge in [-0.25, -0.2) is 0 Å². The van der Waals surface area contributed by atoms with E-state index in [1.807, 2.05) is 50.4 Å². The Morgan fingerprint density at radius 1 is 1.17 bits per heavy atom. The Bertz CT molecular complexity index is 838. The smallest absolute Gasteiger partial charge is 0.237 e. The summed E-state index contributed by atoms with van der Waals surface area (Å²) in [6.45, 7) is 6.15. The number of carbonyl (C=O) groups is 2. The van der Waals surface area contributed by atoms with Gasteiger partial charge in [0.1, 0.15) is 0 Å². The van der Waals surface area contributed by atoms with E-state index in [-0.39, 0.29) is 17.9 Å². The van der Waals surface area contributed by atoms with Crippen LogP contribution in [0.1, 0.15) is 50.7 Å². The summed E-state index contributed by atoms with van der Waals surface area (Å²) in [5, 5.41) is 6.02. The number of aromatic nitrogens is 1. The molecule has 1 aromatic carbocycles. The second-order valence-corrected chi connectivity index (χ2v) is 8.41. The number of piperidine rings is 1. The molecule has 1 aliphatic heterocycles. The average Bonchev–Trinajstić information content (AvgIpc) is 2.73. The van der Waals surface area contributed by atoms with E-state index in [0.717, 1.165) is 49.2 Å². The third-order valence-electron chi connectivity index (χ3n) is 5.30. The normalized spacial score (nSPS) is 17.0. The molecule has 1 atom stereocenters. The van der Waals surface area contributed by atoms with Gasteiger partial charge in [-0.3, -0.25) is 19.5 Å². The number of hydrogen-bond acceptors (Lipinski definition) is 4. The van der Waals surface area contributed by atoms with Crippen molar-refractivity contribution in [1.29, 1.82) is 0 Å². The summed E-state index contributed by atoms with van der Waals surface area (Å²) in [6.07, 6.45) is 7.18. The SMILES string of the molecule is CC(C)CC(=O)Nc1cccc(CNC(=O)C2CCCCN2Cc2cccnc2)c1. The third-order valence-corrected chi connectivity index (χ3v) is 5.30. The minimum absolute atomic E-state index is 0.0134. The molecule has 1 aliphatic rings. The monoisotopic (exact) mass is 408 g/mol. The molecule has 2 amide bonds. The number of pyridine rings is 1. The first kappa shape index (κ1) is 22.0. The van der Waals surface area contributed by atoms with Crippen LogP contribution in [0.2, 0.25) is 0 Å². The molecule has 2 aromatic rings.